The summed E-state index contributed by atoms with van der Waals surface area (Å²) in [6.45, 7) is 3.79. The number of nitrogens with one attached hydrogen (secondary N) is 2. The molecule has 7 nitrogen and oxygen atoms in total. The zero-order valence-corrected chi connectivity index (χ0v) is 13.6. The Bertz CT molecular complexity index is 516. The molecule has 118 valence electrons. The van der Waals surface area contributed by atoms with E-state index in [-0.39, 0.29) is 17.5 Å². The summed E-state index contributed by atoms with van der Waals surface area (Å²) in [5.74, 6) is -0.596. The van der Waals surface area contributed by atoms with Crippen molar-refractivity contribution in [1.29, 1.82) is 0 Å². The molecule has 8 heteroatoms. The zero-order valence-electron chi connectivity index (χ0n) is 12.8. The van der Waals surface area contributed by atoms with E-state index in [2.05, 4.69) is 10.6 Å². The third kappa shape index (κ3) is 3.64. The second-order valence-corrected chi connectivity index (χ2v) is 5.25. The summed E-state index contributed by atoms with van der Waals surface area (Å²) in [6, 6.07) is 0. The first-order valence-electron chi connectivity index (χ1n) is 6.62. The van der Waals surface area contributed by atoms with E-state index >= 15 is 0 Å². The van der Waals surface area contributed by atoms with E-state index in [1.54, 1.807) is 7.11 Å². The van der Waals surface area contributed by atoms with Crippen LogP contribution in [0.3, 0.4) is 0 Å². The van der Waals surface area contributed by atoms with Crippen molar-refractivity contribution in [3.63, 3.8) is 0 Å². The van der Waals surface area contributed by atoms with E-state index in [1.165, 1.54) is 25.4 Å². The molecule has 0 unspecified atom stereocenters. The van der Waals surface area contributed by atoms with Gasteiger partial charge in [0.1, 0.15) is 9.88 Å². The molecule has 2 amide bonds. The van der Waals surface area contributed by atoms with Crippen LogP contribution in [0, 0.1) is 0 Å². The van der Waals surface area contributed by atoms with E-state index in [9.17, 15) is 9.59 Å². The number of thiophene rings is 1. The Balaban J connectivity index is 3.33. The molecule has 0 spiro atoms. The summed E-state index contributed by atoms with van der Waals surface area (Å²) in [7, 11) is 4.68. The molecule has 0 aliphatic carbocycles. The molecule has 0 aliphatic rings. The van der Waals surface area contributed by atoms with E-state index in [0.717, 1.165) is 0 Å². The standard InChI is InChI=1S/C13H22N4O3S/c1-5-17(6-7-20-4)13-8(11(18)15-2)9(14)10(21-13)12(19)16-3/h5-7,14H2,1-4H3,(H,15,18)(H,16,19). The minimum Gasteiger partial charge on any atom is -0.397 e. The molecule has 1 aromatic heterocycles. The van der Waals surface area contributed by atoms with Crippen molar-refractivity contribution in [2.75, 3.05) is 51.5 Å². The molecular formula is C13H22N4O3S. The smallest absolute Gasteiger partial charge is 0.263 e. The van der Waals surface area contributed by atoms with Crippen molar-refractivity contribution in [2.45, 2.75) is 6.92 Å². The topological polar surface area (TPSA) is 96.7 Å². The molecule has 0 fully saturated rings. The van der Waals surface area contributed by atoms with Gasteiger partial charge in [0.05, 0.1) is 17.9 Å². The van der Waals surface area contributed by atoms with Crippen LogP contribution in [-0.4, -0.2) is 52.7 Å². The van der Waals surface area contributed by atoms with Gasteiger partial charge in [-0.3, -0.25) is 9.59 Å². The Hall–Kier alpha value is -1.80. The van der Waals surface area contributed by atoms with Crippen molar-refractivity contribution in [3.8, 4) is 0 Å². The molecular weight excluding hydrogens is 292 g/mol. The van der Waals surface area contributed by atoms with Crippen molar-refractivity contribution in [2.24, 2.45) is 0 Å². The maximum absolute atomic E-state index is 12.1. The monoisotopic (exact) mass is 314 g/mol. The number of carbonyl (C=O) groups excluding carboxylic acids is 2. The number of nitrogens with zero attached hydrogens (tertiary/aromatic N) is 1. The lowest BCUT2D eigenvalue weighted by Crippen LogP contribution is -2.29. The first-order valence-corrected chi connectivity index (χ1v) is 7.43. The lowest BCUT2D eigenvalue weighted by Gasteiger charge is -2.22. The van der Waals surface area contributed by atoms with Crippen molar-refractivity contribution in [3.05, 3.63) is 10.4 Å². The second kappa shape index (κ2) is 7.84. The number of methoxy groups -OCH3 is 1. The van der Waals surface area contributed by atoms with Crippen molar-refractivity contribution in [1.82, 2.24) is 10.6 Å². The van der Waals surface area contributed by atoms with Crippen LogP contribution in [0.4, 0.5) is 10.7 Å². The van der Waals surface area contributed by atoms with Crippen LogP contribution in [-0.2, 0) is 4.74 Å². The number of rotatable bonds is 7. The maximum atomic E-state index is 12.1. The number of hydrogen-bond acceptors (Lipinski definition) is 6. The van der Waals surface area contributed by atoms with Gasteiger partial charge >= 0.3 is 0 Å². The van der Waals surface area contributed by atoms with Gasteiger partial charge in [0.15, 0.2) is 0 Å². The van der Waals surface area contributed by atoms with Gasteiger partial charge in [-0.2, -0.15) is 0 Å². The number of carbonyl (C=O) groups is 2. The SMILES string of the molecule is CCN(CCOC)c1sc(C(=O)NC)c(N)c1C(=O)NC. The fourth-order valence-electron chi connectivity index (χ4n) is 1.89. The first-order chi connectivity index (χ1) is 10.0. The Morgan fingerprint density at radius 3 is 2.38 bits per heavy atom. The van der Waals surface area contributed by atoms with E-state index in [0.29, 0.717) is 35.1 Å². The van der Waals surface area contributed by atoms with Gasteiger partial charge in [0.2, 0.25) is 0 Å². The molecule has 1 aromatic rings. The lowest BCUT2D eigenvalue weighted by molar-refractivity contribution is 0.0962. The highest BCUT2D eigenvalue weighted by Crippen LogP contribution is 2.38. The van der Waals surface area contributed by atoms with Crippen molar-refractivity contribution < 1.29 is 14.3 Å². The number of ether oxygens (including phenoxy) is 1. The fraction of sp³-hybridized carbons (Fsp3) is 0.538. The zero-order chi connectivity index (χ0) is 16.0. The van der Waals surface area contributed by atoms with Gasteiger partial charge in [-0.05, 0) is 6.92 Å². The average Bonchev–Trinajstić information content (AvgIpc) is 2.84. The van der Waals surface area contributed by atoms with E-state index in [4.69, 9.17) is 10.5 Å². The largest absolute Gasteiger partial charge is 0.397 e. The van der Waals surface area contributed by atoms with Gasteiger partial charge in [-0.25, -0.2) is 0 Å². The van der Waals surface area contributed by atoms with Crippen LogP contribution in [0.2, 0.25) is 0 Å². The van der Waals surface area contributed by atoms with Crippen LogP contribution in [0.1, 0.15) is 27.0 Å². The summed E-state index contributed by atoms with van der Waals surface area (Å²) in [5.41, 5.74) is 6.57. The molecule has 0 radical (unpaired) electrons. The van der Waals surface area contributed by atoms with Crippen LogP contribution >= 0.6 is 11.3 Å². The third-order valence-corrected chi connectivity index (χ3v) is 4.31. The summed E-state index contributed by atoms with van der Waals surface area (Å²) >= 11 is 1.22. The van der Waals surface area contributed by atoms with E-state index in [1.807, 2.05) is 11.8 Å². The van der Waals surface area contributed by atoms with Crippen LogP contribution in [0.5, 0.6) is 0 Å². The maximum Gasteiger partial charge on any atom is 0.263 e. The quantitative estimate of drug-likeness (QED) is 0.682. The summed E-state index contributed by atoms with van der Waals surface area (Å²) in [6.07, 6.45) is 0. The number of hydrogen-bond donors (Lipinski definition) is 3. The number of amides is 2. The molecule has 21 heavy (non-hydrogen) atoms. The van der Waals surface area contributed by atoms with Crippen LogP contribution in [0.15, 0.2) is 0 Å². The van der Waals surface area contributed by atoms with Gasteiger partial charge in [0.25, 0.3) is 11.8 Å². The number of likely N-dealkylation sites (N-methyl/N-ethyl adjacent to an activating group) is 1. The highest BCUT2D eigenvalue weighted by Gasteiger charge is 2.27. The third-order valence-electron chi connectivity index (χ3n) is 3.05. The average molecular weight is 314 g/mol. The first kappa shape index (κ1) is 17.3. The summed E-state index contributed by atoms with van der Waals surface area (Å²) in [4.78, 5) is 26.3. The Kier molecular flexibility index (Phi) is 6.44. The highest BCUT2D eigenvalue weighted by molar-refractivity contribution is 7.19. The molecule has 0 saturated carbocycles. The van der Waals surface area contributed by atoms with Gasteiger partial charge in [-0.1, -0.05) is 0 Å². The number of nitrogens with two attached hydrogens (primary N) is 1. The summed E-state index contributed by atoms with van der Waals surface area (Å²) < 4.78 is 5.08. The molecule has 4 N–H and O–H groups in total. The molecule has 0 aromatic carbocycles. The molecule has 0 saturated heterocycles. The second-order valence-electron chi connectivity index (χ2n) is 4.26. The lowest BCUT2D eigenvalue weighted by atomic mass is 10.2. The predicted octanol–water partition coefficient (Wildman–Crippen LogP) is 0.522. The molecule has 1 rings (SSSR count). The van der Waals surface area contributed by atoms with Gasteiger partial charge in [0, 0.05) is 34.3 Å². The Morgan fingerprint density at radius 1 is 1.29 bits per heavy atom. The van der Waals surface area contributed by atoms with Crippen molar-refractivity contribution >= 4 is 33.8 Å². The normalized spacial score (nSPS) is 10.3. The predicted molar refractivity (Wildman–Crippen MR) is 85.3 cm³/mol. The highest BCUT2D eigenvalue weighted by atomic mass is 32.1. The van der Waals surface area contributed by atoms with Gasteiger partial charge < -0.3 is 26.0 Å². The minimum atomic E-state index is -0.301. The molecule has 0 aliphatic heterocycles. The Labute approximate surface area is 128 Å². The van der Waals surface area contributed by atoms with Crippen LogP contribution < -0.4 is 21.3 Å². The van der Waals surface area contributed by atoms with Gasteiger partial charge in [-0.15, -0.1) is 11.3 Å². The summed E-state index contributed by atoms with van der Waals surface area (Å²) in [5, 5.41) is 5.79. The Morgan fingerprint density at radius 2 is 1.90 bits per heavy atom. The molecule has 0 atom stereocenters. The number of nitrogen functional groups attached to an aromatic ring is 1. The number of anilines is 2. The van der Waals surface area contributed by atoms with Crippen LogP contribution in [0.25, 0.3) is 0 Å². The fourth-order valence-corrected chi connectivity index (χ4v) is 3.14. The minimum absolute atomic E-state index is 0.213. The van der Waals surface area contributed by atoms with E-state index < -0.39 is 0 Å². The molecule has 0 bridgehead atoms. The molecule has 1 heterocycles.